The molecule has 0 aliphatic carbocycles. The molecule has 202 valence electrons. The Bertz CT molecular complexity index is 1460. The van der Waals surface area contributed by atoms with Crippen LogP contribution in [0, 0.1) is 5.92 Å². The Morgan fingerprint density at radius 3 is 2.38 bits per heavy atom. The Labute approximate surface area is 225 Å². The van der Waals surface area contributed by atoms with Crippen LogP contribution in [-0.4, -0.2) is 68.1 Å². The van der Waals surface area contributed by atoms with E-state index in [9.17, 15) is 0 Å². The highest BCUT2D eigenvalue weighted by Gasteiger charge is 2.34. The fraction of sp³-hybridized carbons (Fsp3) is 0.393. The highest BCUT2D eigenvalue weighted by molar-refractivity contribution is 5.57. The zero-order chi connectivity index (χ0) is 26.2. The van der Waals surface area contributed by atoms with Crippen molar-refractivity contribution in [2.24, 2.45) is 5.92 Å². The molecule has 5 aromatic rings. The van der Waals surface area contributed by atoms with Crippen molar-refractivity contribution in [3.63, 3.8) is 0 Å². The second-order valence-corrected chi connectivity index (χ2v) is 10.5. The number of furan rings is 3. The van der Waals surface area contributed by atoms with Gasteiger partial charge in [-0.05, 0) is 55.2 Å². The number of anilines is 2. The van der Waals surface area contributed by atoms with E-state index in [1.54, 1.807) is 23.3 Å². The van der Waals surface area contributed by atoms with Gasteiger partial charge in [0, 0.05) is 44.8 Å². The molecule has 0 amide bonds. The molecule has 2 aliphatic rings. The third-order valence-electron chi connectivity index (χ3n) is 7.83. The van der Waals surface area contributed by atoms with Crippen LogP contribution in [0.15, 0.2) is 74.5 Å². The van der Waals surface area contributed by atoms with Crippen LogP contribution in [0.25, 0.3) is 17.4 Å². The van der Waals surface area contributed by atoms with Crippen molar-refractivity contribution in [2.75, 3.05) is 43.4 Å². The quantitative estimate of drug-likeness (QED) is 0.319. The summed E-state index contributed by atoms with van der Waals surface area (Å²) < 4.78 is 18.3. The number of nitrogens with zero attached hydrogens (tertiary/aromatic N) is 7. The average Bonchev–Trinajstić information content (AvgIpc) is 3.76. The number of fused-ring (bicyclic) bond motifs is 2. The van der Waals surface area contributed by atoms with Gasteiger partial charge in [-0.15, -0.1) is 5.10 Å². The third-order valence-corrected chi connectivity index (χ3v) is 7.83. The molecule has 2 unspecified atom stereocenters. The van der Waals surface area contributed by atoms with Crippen LogP contribution in [0.3, 0.4) is 0 Å². The number of nitrogen functional groups attached to an aromatic ring is 1. The minimum atomic E-state index is 0.479. The second kappa shape index (κ2) is 10.2. The summed E-state index contributed by atoms with van der Waals surface area (Å²) in [7, 11) is 0. The third kappa shape index (κ3) is 5.02. The normalized spacial score (nSPS) is 20.2. The molecule has 0 spiro atoms. The number of rotatable bonds is 8. The van der Waals surface area contributed by atoms with E-state index in [-0.39, 0.29) is 0 Å². The number of hydrogen-bond acceptors (Lipinski definition) is 10. The van der Waals surface area contributed by atoms with Gasteiger partial charge < -0.3 is 23.9 Å². The maximum atomic E-state index is 6.36. The maximum Gasteiger partial charge on any atom is 0.256 e. The van der Waals surface area contributed by atoms with Gasteiger partial charge in [0.05, 0.1) is 31.9 Å². The van der Waals surface area contributed by atoms with E-state index in [1.165, 1.54) is 6.42 Å². The van der Waals surface area contributed by atoms with Crippen LogP contribution in [0.2, 0.25) is 0 Å². The Hall–Kier alpha value is -4.09. The van der Waals surface area contributed by atoms with E-state index >= 15 is 0 Å². The smallest absolute Gasteiger partial charge is 0.256 e. The van der Waals surface area contributed by atoms with Gasteiger partial charge in [0.1, 0.15) is 23.2 Å². The molecule has 0 saturated carbocycles. The highest BCUT2D eigenvalue weighted by Crippen LogP contribution is 2.29. The second-order valence-electron chi connectivity index (χ2n) is 10.5. The van der Waals surface area contributed by atoms with E-state index in [0.717, 1.165) is 69.6 Å². The minimum Gasteiger partial charge on any atom is -0.468 e. The SMILES string of the molecule is Nc1cc(N2CCN3CC(CN(Cc4ccco4)Cc4ccco4)CCC3C2)nc2nc(-c3ccco3)nn12. The largest absolute Gasteiger partial charge is 0.468 e. The Kier molecular flexibility index (Phi) is 6.29. The van der Waals surface area contributed by atoms with Crippen molar-refractivity contribution >= 4 is 17.4 Å². The van der Waals surface area contributed by atoms with E-state index in [2.05, 4.69) is 24.8 Å². The van der Waals surface area contributed by atoms with Crippen molar-refractivity contribution in [3.8, 4) is 11.6 Å². The zero-order valence-corrected chi connectivity index (χ0v) is 21.7. The summed E-state index contributed by atoms with van der Waals surface area (Å²) in [5, 5.41) is 4.47. The summed E-state index contributed by atoms with van der Waals surface area (Å²) >= 11 is 0. The molecule has 0 aromatic carbocycles. The molecule has 2 saturated heterocycles. The van der Waals surface area contributed by atoms with Gasteiger partial charge in [-0.1, -0.05) is 0 Å². The van der Waals surface area contributed by atoms with E-state index in [0.29, 0.717) is 35.1 Å². The number of piperazine rings is 1. The summed E-state index contributed by atoms with van der Waals surface area (Å²) in [4.78, 5) is 16.8. The fourth-order valence-electron chi connectivity index (χ4n) is 5.96. The van der Waals surface area contributed by atoms with E-state index in [1.807, 2.05) is 42.5 Å². The lowest BCUT2D eigenvalue weighted by Gasteiger charge is -2.47. The van der Waals surface area contributed by atoms with Crippen molar-refractivity contribution in [3.05, 3.63) is 72.8 Å². The minimum absolute atomic E-state index is 0.479. The first-order valence-electron chi connectivity index (χ1n) is 13.5. The summed E-state index contributed by atoms with van der Waals surface area (Å²) in [6, 6.07) is 14.0. The molecule has 11 heteroatoms. The van der Waals surface area contributed by atoms with E-state index < -0.39 is 0 Å². The van der Waals surface area contributed by atoms with Crippen LogP contribution in [0.1, 0.15) is 24.4 Å². The van der Waals surface area contributed by atoms with Crippen LogP contribution in [0.5, 0.6) is 0 Å². The monoisotopic (exact) mass is 528 g/mol. The van der Waals surface area contributed by atoms with Gasteiger partial charge in [-0.2, -0.15) is 14.5 Å². The topological polar surface area (TPSA) is 118 Å². The van der Waals surface area contributed by atoms with Crippen molar-refractivity contribution in [1.82, 2.24) is 29.4 Å². The van der Waals surface area contributed by atoms with Crippen LogP contribution >= 0.6 is 0 Å². The predicted molar refractivity (Wildman–Crippen MR) is 145 cm³/mol. The number of aromatic nitrogens is 4. The average molecular weight is 529 g/mol. The number of hydrogen-bond donors (Lipinski definition) is 1. The first-order valence-corrected chi connectivity index (χ1v) is 13.5. The Balaban J connectivity index is 1.01. The summed E-state index contributed by atoms with van der Waals surface area (Å²) in [6.45, 7) is 6.48. The van der Waals surface area contributed by atoms with Gasteiger partial charge >= 0.3 is 0 Å². The molecule has 7 rings (SSSR count). The predicted octanol–water partition coefficient (Wildman–Crippen LogP) is 3.76. The van der Waals surface area contributed by atoms with Gasteiger partial charge in [-0.25, -0.2) is 0 Å². The first kappa shape index (κ1) is 24.0. The molecule has 2 fully saturated rings. The number of nitrogens with two attached hydrogens (primary N) is 1. The van der Waals surface area contributed by atoms with Crippen molar-refractivity contribution in [1.29, 1.82) is 0 Å². The standard InChI is InChI=1S/C28H32N8O3/c29-25-14-26(30-28-31-27(32-36(25)28)24-6-3-13-39-24)35-10-9-34-16-20(7-8-21(34)17-35)15-33(18-22-4-1-11-37-22)19-23-5-2-12-38-23/h1-6,11-14,20-21H,7-10,15-19,29H2. The molecule has 5 aromatic heterocycles. The molecule has 7 heterocycles. The van der Waals surface area contributed by atoms with Crippen LogP contribution < -0.4 is 10.6 Å². The van der Waals surface area contributed by atoms with Gasteiger partial charge in [-0.3, -0.25) is 9.80 Å². The molecule has 2 atom stereocenters. The highest BCUT2D eigenvalue weighted by atomic mass is 16.3. The van der Waals surface area contributed by atoms with Gasteiger partial charge in [0.2, 0.25) is 5.82 Å². The first-order chi connectivity index (χ1) is 19.2. The van der Waals surface area contributed by atoms with Crippen molar-refractivity contribution < 1.29 is 13.3 Å². The number of piperidine rings is 1. The van der Waals surface area contributed by atoms with Gasteiger partial charge in [0.15, 0.2) is 5.76 Å². The summed E-state index contributed by atoms with van der Waals surface area (Å²) in [6.07, 6.45) is 7.43. The molecular weight excluding hydrogens is 496 g/mol. The molecule has 0 radical (unpaired) electrons. The molecule has 0 bridgehead atoms. The molecule has 2 aliphatic heterocycles. The fourth-order valence-corrected chi connectivity index (χ4v) is 5.96. The van der Waals surface area contributed by atoms with Crippen LogP contribution in [-0.2, 0) is 13.1 Å². The Morgan fingerprint density at radius 1 is 0.897 bits per heavy atom. The Morgan fingerprint density at radius 2 is 1.67 bits per heavy atom. The maximum absolute atomic E-state index is 6.36. The molecule has 39 heavy (non-hydrogen) atoms. The molecule has 11 nitrogen and oxygen atoms in total. The summed E-state index contributed by atoms with van der Waals surface area (Å²) in [5.41, 5.74) is 6.36. The van der Waals surface area contributed by atoms with Crippen molar-refractivity contribution in [2.45, 2.75) is 32.0 Å². The molecule has 2 N–H and O–H groups in total. The lowest BCUT2D eigenvalue weighted by atomic mass is 9.90. The lowest BCUT2D eigenvalue weighted by molar-refractivity contribution is 0.0692. The van der Waals surface area contributed by atoms with E-state index in [4.69, 9.17) is 24.0 Å². The summed E-state index contributed by atoms with van der Waals surface area (Å²) in [5.74, 6) is 5.48. The van der Waals surface area contributed by atoms with Gasteiger partial charge in [0.25, 0.3) is 5.78 Å². The zero-order valence-electron chi connectivity index (χ0n) is 21.7. The lowest BCUT2D eigenvalue weighted by Crippen LogP contribution is -2.57. The van der Waals surface area contributed by atoms with Crippen LogP contribution in [0.4, 0.5) is 11.6 Å². The molecular formula is C28H32N8O3.